The minimum absolute atomic E-state index is 0.0486. The zero-order chi connectivity index (χ0) is 49.1. The summed E-state index contributed by atoms with van der Waals surface area (Å²) in [6.07, 6.45) is -9.41. The number of esters is 2. The minimum atomic E-state index is -1.84. The number of nitrogens with one attached hydrogen (secondary N) is 1. The number of nitrogens with zero attached hydrogens (tertiary/aromatic N) is 2. The number of aliphatic hydroxyl groups is 5. The monoisotopic (exact) mass is 930 g/mol. The molecule has 0 unspecified atom stereocenters. The molecular weight excluding hydrogens is 855 g/mol. The summed E-state index contributed by atoms with van der Waals surface area (Å²) in [6, 6.07) is 15.3. The molecule has 0 aliphatic carbocycles. The van der Waals surface area contributed by atoms with Crippen LogP contribution in [0.1, 0.15) is 98.6 Å². The summed E-state index contributed by atoms with van der Waals surface area (Å²) >= 11 is 0. The highest BCUT2D eigenvalue weighted by molar-refractivity contribution is 5.83. The fraction of sp³-hybridized carbons (Fsp3) is 0.673. The highest BCUT2D eigenvalue weighted by atomic mass is 16.7. The summed E-state index contributed by atoms with van der Waals surface area (Å²) in [5, 5.41) is 61.4. The molecule has 66 heavy (non-hydrogen) atoms. The van der Waals surface area contributed by atoms with Crippen molar-refractivity contribution >= 4 is 23.9 Å². The van der Waals surface area contributed by atoms with Gasteiger partial charge in [0.05, 0.1) is 35.9 Å². The SMILES string of the molecule is CC[C@H]1OC(=O)[C@H](C)[C@@H](O)[C@H](C)[C@@H](O[C@H]2O[C@H](C)C[C@@H](N(C)C(=O)CC[C@@H](NC(=O)OCc3ccccc3)C(=O)OCc3ccccc3)[C@H]2O)[C@](C)(O)C[C@@H](C)CN(C)[C@H](C)[C@@H](O)[C@]1(C)O. The standard InChI is InChI=1S/C49H75N3O14/c1-11-38-49(8,61)42(56)33(6)51(9)26-29(2)25-48(7,60)43(31(4)40(54)32(5)44(57)65-38)66-46-41(55)37(24-30(3)64-46)52(10)39(53)23-22-36(45(58)62-27-34-18-14-12-15-19-34)50-47(59)63-28-35-20-16-13-17-21-35/h12-21,29-33,36-38,40-43,46,54-56,60-61H,11,22-28H2,1-10H3,(H,50,59)/t29-,30-,31+,32-,33-,36-,37-,38-,40+,41-,42-,43-,46-,48-,49-/m1/s1. The molecule has 6 N–H and O–H groups in total. The zero-order valence-electron chi connectivity index (χ0n) is 40.2. The number of likely N-dealkylation sites (N-methyl/N-ethyl adjacent to an activating group) is 2. The second kappa shape index (κ2) is 24.2. The van der Waals surface area contributed by atoms with Gasteiger partial charge in [0.2, 0.25) is 5.91 Å². The lowest BCUT2D eigenvalue weighted by Crippen LogP contribution is -2.60. The van der Waals surface area contributed by atoms with E-state index in [0.717, 1.165) is 11.1 Å². The summed E-state index contributed by atoms with van der Waals surface area (Å²) < 4.78 is 29.3. The Bertz CT molecular complexity index is 1850. The van der Waals surface area contributed by atoms with Crippen LogP contribution in [-0.2, 0) is 51.3 Å². The molecule has 2 aliphatic heterocycles. The van der Waals surface area contributed by atoms with E-state index < -0.39 is 108 Å². The van der Waals surface area contributed by atoms with Gasteiger partial charge in [-0.2, -0.15) is 0 Å². The largest absolute Gasteiger partial charge is 0.459 e. The van der Waals surface area contributed by atoms with Crippen LogP contribution in [0, 0.1) is 17.8 Å². The smallest absolute Gasteiger partial charge is 0.408 e. The summed E-state index contributed by atoms with van der Waals surface area (Å²) in [4.78, 5) is 57.0. The van der Waals surface area contributed by atoms with E-state index in [-0.39, 0.29) is 51.2 Å². The first-order chi connectivity index (χ1) is 31.0. The molecule has 0 radical (unpaired) electrons. The normalized spacial score (nSPS) is 34.4. The van der Waals surface area contributed by atoms with Crippen molar-refractivity contribution in [3.8, 4) is 0 Å². The topological polar surface area (TPSA) is 234 Å². The number of aliphatic hydroxyl groups excluding tert-OH is 3. The number of benzene rings is 2. The molecular formula is C49H75N3O14. The van der Waals surface area contributed by atoms with Crippen molar-refractivity contribution in [1.29, 1.82) is 0 Å². The molecule has 15 atom stereocenters. The van der Waals surface area contributed by atoms with Gasteiger partial charge in [-0.1, -0.05) is 81.4 Å². The maximum Gasteiger partial charge on any atom is 0.408 e. The Morgan fingerprint density at radius 1 is 0.909 bits per heavy atom. The van der Waals surface area contributed by atoms with Crippen LogP contribution in [0.3, 0.4) is 0 Å². The van der Waals surface area contributed by atoms with E-state index in [1.807, 2.05) is 24.0 Å². The molecule has 370 valence electrons. The van der Waals surface area contributed by atoms with Gasteiger partial charge < -0.3 is 64.3 Å². The zero-order valence-corrected chi connectivity index (χ0v) is 40.2. The molecule has 2 saturated heterocycles. The van der Waals surface area contributed by atoms with Gasteiger partial charge in [0.25, 0.3) is 0 Å². The number of ether oxygens (including phenoxy) is 5. The Morgan fingerprint density at radius 2 is 1.48 bits per heavy atom. The van der Waals surface area contributed by atoms with Gasteiger partial charge in [-0.05, 0) is 84.4 Å². The Kier molecular flexibility index (Phi) is 19.9. The van der Waals surface area contributed by atoms with Crippen molar-refractivity contribution in [2.24, 2.45) is 17.8 Å². The number of alkyl carbamates (subject to hydrolysis) is 1. The molecule has 17 nitrogen and oxygen atoms in total. The molecule has 2 fully saturated rings. The number of cyclic esters (lactones) is 1. The number of hydrogen-bond donors (Lipinski definition) is 6. The van der Waals surface area contributed by atoms with Crippen molar-refractivity contribution in [3.05, 3.63) is 71.8 Å². The number of carbonyl (C=O) groups excluding carboxylic acids is 4. The van der Waals surface area contributed by atoms with E-state index in [1.165, 1.54) is 25.8 Å². The van der Waals surface area contributed by atoms with Crippen LogP contribution in [0.15, 0.2) is 60.7 Å². The Hall–Kier alpha value is -4.20. The summed E-state index contributed by atoms with van der Waals surface area (Å²) in [5.74, 6) is -4.46. The van der Waals surface area contributed by atoms with Gasteiger partial charge >= 0.3 is 18.0 Å². The molecule has 4 rings (SSSR count). The van der Waals surface area contributed by atoms with Gasteiger partial charge in [-0.25, -0.2) is 9.59 Å². The van der Waals surface area contributed by atoms with Gasteiger partial charge in [-0.3, -0.25) is 9.59 Å². The highest BCUT2D eigenvalue weighted by Gasteiger charge is 2.50. The lowest BCUT2D eigenvalue weighted by Gasteiger charge is -2.47. The summed E-state index contributed by atoms with van der Waals surface area (Å²) in [7, 11) is 3.29. The lowest BCUT2D eigenvalue weighted by molar-refractivity contribution is -0.299. The summed E-state index contributed by atoms with van der Waals surface area (Å²) in [5.41, 5.74) is -2.08. The average Bonchev–Trinajstić information content (AvgIpc) is 3.28. The lowest BCUT2D eigenvalue weighted by atomic mass is 9.78. The van der Waals surface area contributed by atoms with Crippen molar-refractivity contribution in [2.45, 2.75) is 173 Å². The van der Waals surface area contributed by atoms with Crippen molar-refractivity contribution < 1.29 is 68.4 Å². The van der Waals surface area contributed by atoms with E-state index in [4.69, 9.17) is 23.7 Å². The Balaban J connectivity index is 1.53. The highest BCUT2D eigenvalue weighted by Crippen LogP contribution is 2.37. The second-order valence-corrected chi connectivity index (χ2v) is 19.1. The van der Waals surface area contributed by atoms with Crippen LogP contribution in [0.2, 0.25) is 0 Å². The first kappa shape index (κ1) is 54.4. The van der Waals surface area contributed by atoms with Crippen LogP contribution in [0.5, 0.6) is 0 Å². The molecule has 2 aromatic carbocycles. The quantitative estimate of drug-likeness (QED) is 0.124. The number of carbonyl (C=O) groups is 4. The first-order valence-corrected chi connectivity index (χ1v) is 23.1. The van der Waals surface area contributed by atoms with E-state index in [2.05, 4.69) is 5.32 Å². The van der Waals surface area contributed by atoms with Crippen LogP contribution in [-0.4, -0.2) is 152 Å². The predicted octanol–water partition coefficient (Wildman–Crippen LogP) is 3.69. The van der Waals surface area contributed by atoms with Gasteiger partial charge in [-0.15, -0.1) is 0 Å². The van der Waals surface area contributed by atoms with Gasteiger partial charge in [0.1, 0.15) is 43.2 Å². The molecule has 2 amide bonds. The minimum Gasteiger partial charge on any atom is -0.459 e. The molecule has 0 saturated carbocycles. The molecule has 0 bridgehead atoms. The van der Waals surface area contributed by atoms with Crippen LogP contribution < -0.4 is 5.32 Å². The molecule has 17 heteroatoms. The Labute approximate surface area is 389 Å². The van der Waals surface area contributed by atoms with Crippen molar-refractivity contribution in [2.75, 3.05) is 20.6 Å². The fourth-order valence-electron chi connectivity index (χ4n) is 9.22. The van der Waals surface area contributed by atoms with Crippen LogP contribution in [0.25, 0.3) is 0 Å². The molecule has 2 aliphatic rings. The predicted molar refractivity (Wildman–Crippen MR) is 243 cm³/mol. The van der Waals surface area contributed by atoms with E-state index >= 15 is 0 Å². The third-order valence-corrected chi connectivity index (χ3v) is 13.4. The Morgan fingerprint density at radius 3 is 2.06 bits per heavy atom. The van der Waals surface area contributed by atoms with E-state index in [9.17, 15) is 44.7 Å². The first-order valence-electron chi connectivity index (χ1n) is 23.1. The van der Waals surface area contributed by atoms with E-state index in [1.54, 1.807) is 90.2 Å². The number of rotatable bonds is 13. The molecule has 0 aromatic heterocycles. The fourth-order valence-corrected chi connectivity index (χ4v) is 9.22. The van der Waals surface area contributed by atoms with E-state index in [0.29, 0.717) is 6.54 Å². The summed E-state index contributed by atoms with van der Waals surface area (Å²) in [6.45, 7) is 13.4. The maximum atomic E-state index is 13.9. The maximum absolute atomic E-state index is 13.9. The molecule has 0 spiro atoms. The average molecular weight is 930 g/mol. The molecule has 2 heterocycles. The van der Waals surface area contributed by atoms with Crippen molar-refractivity contribution in [1.82, 2.24) is 15.1 Å². The molecule has 2 aromatic rings. The van der Waals surface area contributed by atoms with Crippen molar-refractivity contribution in [3.63, 3.8) is 0 Å². The third-order valence-electron chi connectivity index (χ3n) is 13.4. The number of amides is 2. The second-order valence-electron chi connectivity index (χ2n) is 19.1. The van der Waals surface area contributed by atoms with Gasteiger partial charge in [0.15, 0.2) is 6.29 Å². The van der Waals surface area contributed by atoms with Gasteiger partial charge in [0, 0.05) is 32.0 Å². The van der Waals surface area contributed by atoms with Crippen LogP contribution >= 0.6 is 0 Å². The van der Waals surface area contributed by atoms with Crippen LogP contribution in [0.4, 0.5) is 4.79 Å². The third kappa shape index (κ3) is 14.4. The number of hydrogen-bond acceptors (Lipinski definition) is 15.